The smallest absolute Gasteiger partial charge is 0.385 e. The summed E-state index contributed by atoms with van der Waals surface area (Å²) in [5.74, 6) is 0. The number of halogens is 3. The quantitative estimate of drug-likeness (QED) is 0.835. The molecule has 0 spiro atoms. The normalized spacial score (nSPS) is 16.6. The van der Waals surface area contributed by atoms with Crippen LogP contribution in [0.4, 0.5) is 13.2 Å². The van der Waals surface area contributed by atoms with Crippen LogP contribution in [-0.4, -0.2) is 11.3 Å². The zero-order valence-corrected chi connectivity index (χ0v) is 8.45. The standard InChI is InChI=1S/C9H11F3OS/c1-8(13,4-5-9(10,11)12)7-3-2-6-14-7/h2-3,6,13H,4-5H2,1H3. The van der Waals surface area contributed by atoms with Gasteiger partial charge in [0.1, 0.15) is 0 Å². The van der Waals surface area contributed by atoms with Gasteiger partial charge in [-0.1, -0.05) is 6.07 Å². The van der Waals surface area contributed by atoms with Crippen LogP contribution < -0.4 is 0 Å². The predicted molar refractivity (Wildman–Crippen MR) is 49.2 cm³/mol. The third-order valence-corrected chi connectivity index (χ3v) is 3.07. The van der Waals surface area contributed by atoms with Gasteiger partial charge in [0.25, 0.3) is 0 Å². The number of hydrogen-bond acceptors (Lipinski definition) is 2. The molecule has 1 rings (SSSR count). The largest absolute Gasteiger partial charge is 0.389 e. The Balaban J connectivity index is 2.59. The lowest BCUT2D eigenvalue weighted by Crippen LogP contribution is -2.23. The highest BCUT2D eigenvalue weighted by atomic mass is 32.1. The number of aliphatic hydroxyl groups is 1. The van der Waals surface area contributed by atoms with E-state index in [0.29, 0.717) is 4.88 Å². The highest BCUT2D eigenvalue weighted by molar-refractivity contribution is 7.10. The van der Waals surface area contributed by atoms with E-state index < -0.39 is 18.2 Å². The molecule has 1 nitrogen and oxygen atoms in total. The van der Waals surface area contributed by atoms with E-state index in [2.05, 4.69) is 0 Å². The van der Waals surface area contributed by atoms with Crippen molar-refractivity contribution >= 4 is 11.3 Å². The number of rotatable bonds is 3. The van der Waals surface area contributed by atoms with Crippen LogP contribution in [0.15, 0.2) is 17.5 Å². The van der Waals surface area contributed by atoms with E-state index in [4.69, 9.17) is 0 Å². The molecule has 80 valence electrons. The maximum atomic E-state index is 11.9. The average molecular weight is 224 g/mol. The van der Waals surface area contributed by atoms with Crippen LogP contribution in [-0.2, 0) is 5.60 Å². The fraction of sp³-hybridized carbons (Fsp3) is 0.556. The first-order valence-electron chi connectivity index (χ1n) is 4.14. The first-order chi connectivity index (χ1) is 6.31. The van der Waals surface area contributed by atoms with Gasteiger partial charge >= 0.3 is 6.18 Å². The zero-order valence-electron chi connectivity index (χ0n) is 7.64. The van der Waals surface area contributed by atoms with Crippen molar-refractivity contribution in [3.8, 4) is 0 Å². The molecule has 5 heteroatoms. The van der Waals surface area contributed by atoms with E-state index in [-0.39, 0.29) is 6.42 Å². The van der Waals surface area contributed by atoms with Crippen LogP contribution in [0.5, 0.6) is 0 Å². The Morgan fingerprint density at radius 3 is 2.43 bits per heavy atom. The second-order valence-electron chi connectivity index (χ2n) is 3.37. The second-order valence-corrected chi connectivity index (χ2v) is 4.31. The van der Waals surface area contributed by atoms with E-state index >= 15 is 0 Å². The molecular formula is C9H11F3OS. The monoisotopic (exact) mass is 224 g/mol. The highest BCUT2D eigenvalue weighted by Crippen LogP contribution is 2.33. The maximum Gasteiger partial charge on any atom is 0.389 e. The van der Waals surface area contributed by atoms with Gasteiger partial charge in [0.2, 0.25) is 0 Å². The average Bonchev–Trinajstić information content (AvgIpc) is 2.52. The molecule has 1 N–H and O–H groups in total. The lowest BCUT2D eigenvalue weighted by Gasteiger charge is -2.22. The third kappa shape index (κ3) is 3.31. The summed E-state index contributed by atoms with van der Waals surface area (Å²) in [4.78, 5) is 0.571. The summed E-state index contributed by atoms with van der Waals surface area (Å²) in [5.41, 5.74) is -1.37. The lowest BCUT2D eigenvalue weighted by atomic mass is 9.98. The van der Waals surface area contributed by atoms with Crippen molar-refractivity contribution in [1.29, 1.82) is 0 Å². The molecule has 1 atom stereocenters. The Hall–Kier alpha value is -0.550. The van der Waals surface area contributed by atoms with Gasteiger partial charge in [0.05, 0.1) is 5.60 Å². The Labute approximate surface area is 84.2 Å². The van der Waals surface area contributed by atoms with Crippen LogP contribution >= 0.6 is 11.3 Å². The van der Waals surface area contributed by atoms with Gasteiger partial charge < -0.3 is 5.11 Å². The molecule has 0 aliphatic carbocycles. The van der Waals surface area contributed by atoms with Gasteiger partial charge in [-0.3, -0.25) is 0 Å². The molecule has 0 bridgehead atoms. The van der Waals surface area contributed by atoms with Gasteiger partial charge in [0.15, 0.2) is 0 Å². The van der Waals surface area contributed by atoms with Gasteiger partial charge in [-0.25, -0.2) is 0 Å². The van der Waals surface area contributed by atoms with Gasteiger partial charge in [-0.15, -0.1) is 11.3 Å². The van der Waals surface area contributed by atoms with E-state index in [1.807, 2.05) is 0 Å². The van der Waals surface area contributed by atoms with Crippen molar-refractivity contribution in [2.75, 3.05) is 0 Å². The van der Waals surface area contributed by atoms with Crippen molar-refractivity contribution in [3.63, 3.8) is 0 Å². The molecule has 0 fully saturated rings. The molecule has 0 saturated carbocycles. The number of thiophene rings is 1. The summed E-state index contributed by atoms with van der Waals surface area (Å²) >= 11 is 1.26. The van der Waals surface area contributed by atoms with Crippen molar-refractivity contribution in [1.82, 2.24) is 0 Å². The molecule has 1 unspecified atom stereocenters. The molecule has 1 aromatic heterocycles. The summed E-state index contributed by atoms with van der Waals surface area (Å²) in [6.07, 6.45) is -5.46. The summed E-state index contributed by atoms with van der Waals surface area (Å²) in [7, 11) is 0. The first-order valence-corrected chi connectivity index (χ1v) is 5.02. The Morgan fingerprint density at radius 2 is 2.00 bits per heavy atom. The van der Waals surface area contributed by atoms with Crippen molar-refractivity contribution in [2.24, 2.45) is 0 Å². The molecule has 0 aliphatic heterocycles. The van der Waals surface area contributed by atoms with Crippen LogP contribution in [0.25, 0.3) is 0 Å². The Bertz CT molecular complexity index is 277. The van der Waals surface area contributed by atoms with Crippen LogP contribution in [0.3, 0.4) is 0 Å². The summed E-state index contributed by atoms with van der Waals surface area (Å²) in [6.45, 7) is 1.41. The molecule has 0 saturated heterocycles. The summed E-state index contributed by atoms with van der Waals surface area (Å²) in [6, 6.07) is 3.35. The number of hydrogen-bond donors (Lipinski definition) is 1. The van der Waals surface area contributed by atoms with E-state index in [1.165, 1.54) is 18.3 Å². The van der Waals surface area contributed by atoms with E-state index in [0.717, 1.165) is 0 Å². The predicted octanol–water partition coefficient (Wildman–Crippen LogP) is 3.30. The van der Waals surface area contributed by atoms with Crippen molar-refractivity contribution in [3.05, 3.63) is 22.4 Å². The summed E-state index contributed by atoms with van der Waals surface area (Å²) < 4.78 is 35.8. The zero-order chi connectivity index (χ0) is 10.8. The first kappa shape index (κ1) is 11.5. The topological polar surface area (TPSA) is 20.2 Å². The number of alkyl halides is 3. The minimum absolute atomic E-state index is 0.295. The van der Waals surface area contributed by atoms with Crippen LogP contribution in [0.1, 0.15) is 24.6 Å². The summed E-state index contributed by atoms with van der Waals surface area (Å²) in [5, 5.41) is 11.5. The Kier molecular flexibility index (Phi) is 3.21. The molecule has 1 aromatic rings. The third-order valence-electron chi connectivity index (χ3n) is 1.95. The fourth-order valence-corrected chi connectivity index (χ4v) is 1.91. The molecule has 0 aliphatic rings. The minimum atomic E-state index is -4.21. The second kappa shape index (κ2) is 3.90. The van der Waals surface area contributed by atoms with E-state index in [1.54, 1.807) is 17.5 Å². The van der Waals surface area contributed by atoms with Crippen LogP contribution in [0, 0.1) is 0 Å². The van der Waals surface area contributed by atoms with Crippen LogP contribution in [0.2, 0.25) is 0 Å². The van der Waals surface area contributed by atoms with E-state index in [9.17, 15) is 18.3 Å². The molecular weight excluding hydrogens is 213 g/mol. The van der Waals surface area contributed by atoms with Gasteiger partial charge in [-0.2, -0.15) is 13.2 Å². The van der Waals surface area contributed by atoms with Crippen molar-refractivity contribution < 1.29 is 18.3 Å². The minimum Gasteiger partial charge on any atom is -0.385 e. The molecule has 0 amide bonds. The fourth-order valence-electron chi connectivity index (χ4n) is 1.09. The SMILES string of the molecule is CC(O)(CCC(F)(F)F)c1cccs1. The molecule has 0 radical (unpaired) electrons. The van der Waals surface area contributed by atoms with Crippen molar-refractivity contribution in [2.45, 2.75) is 31.5 Å². The van der Waals surface area contributed by atoms with Gasteiger partial charge in [0, 0.05) is 11.3 Å². The molecule has 1 heterocycles. The lowest BCUT2D eigenvalue weighted by molar-refractivity contribution is -0.146. The highest BCUT2D eigenvalue weighted by Gasteiger charge is 2.33. The molecule has 0 aromatic carbocycles. The molecule has 14 heavy (non-hydrogen) atoms. The van der Waals surface area contributed by atoms with Gasteiger partial charge in [-0.05, 0) is 24.8 Å². The Morgan fingerprint density at radius 1 is 1.36 bits per heavy atom. The maximum absolute atomic E-state index is 11.9.